The second-order valence-corrected chi connectivity index (χ2v) is 19.1. The lowest BCUT2D eigenvalue weighted by atomic mass is 9.84. The van der Waals surface area contributed by atoms with Crippen LogP contribution in [-0.2, 0) is 0 Å². The molecule has 0 atom stereocenters. The summed E-state index contributed by atoms with van der Waals surface area (Å²) in [6, 6.07) is 81.6. The first-order valence-electron chi connectivity index (χ1n) is 22.0. The molecule has 0 N–H and O–H groups in total. The van der Waals surface area contributed by atoms with Crippen molar-refractivity contribution in [2.45, 2.75) is 0 Å². The van der Waals surface area contributed by atoms with E-state index in [1.807, 2.05) is 22.7 Å². The van der Waals surface area contributed by atoms with E-state index in [0.29, 0.717) is 0 Å². The number of benzene rings is 12. The molecule has 0 spiro atoms. The van der Waals surface area contributed by atoms with Crippen LogP contribution in [0.2, 0.25) is 0 Å². The van der Waals surface area contributed by atoms with Crippen LogP contribution in [0.1, 0.15) is 0 Å². The van der Waals surface area contributed by atoms with Crippen LogP contribution in [0.5, 0.6) is 0 Å². The molecule has 0 radical (unpaired) electrons. The molecule has 296 valence electrons. The first-order valence-corrected chi connectivity index (χ1v) is 23.6. The van der Waals surface area contributed by atoms with E-state index >= 15 is 0 Å². The predicted molar refractivity (Wildman–Crippen MR) is 281 cm³/mol. The van der Waals surface area contributed by atoms with Crippen molar-refractivity contribution in [1.82, 2.24) is 0 Å². The van der Waals surface area contributed by atoms with Gasteiger partial charge in [0.05, 0.1) is 0 Å². The van der Waals surface area contributed by atoms with E-state index in [2.05, 4.69) is 218 Å². The van der Waals surface area contributed by atoms with E-state index < -0.39 is 0 Å². The minimum absolute atomic E-state index is 1.23. The van der Waals surface area contributed by atoms with Crippen LogP contribution in [0.15, 0.2) is 218 Å². The summed E-state index contributed by atoms with van der Waals surface area (Å²) in [6.07, 6.45) is 0. The molecule has 0 aliphatic carbocycles. The summed E-state index contributed by atoms with van der Waals surface area (Å²) in [6.45, 7) is 0. The maximum absolute atomic E-state index is 2.41. The summed E-state index contributed by atoms with van der Waals surface area (Å²) < 4.78 is 5.34. The maximum atomic E-state index is 2.41. The fraction of sp³-hybridized carbons (Fsp3) is 0. The third kappa shape index (κ3) is 5.21. The Balaban J connectivity index is 0.953. The maximum Gasteiger partial charge on any atom is 0.0434 e. The van der Waals surface area contributed by atoms with E-state index in [9.17, 15) is 0 Å². The highest BCUT2D eigenvalue weighted by Gasteiger charge is 2.22. The van der Waals surface area contributed by atoms with Crippen molar-refractivity contribution in [1.29, 1.82) is 0 Å². The van der Waals surface area contributed by atoms with Gasteiger partial charge in [0, 0.05) is 51.5 Å². The molecule has 0 aliphatic heterocycles. The van der Waals surface area contributed by atoms with E-state index in [0.717, 1.165) is 0 Å². The third-order valence-electron chi connectivity index (χ3n) is 13.6. The molecular weight excluding hydrogens is 809 g/mol. The highest BCUT2D eigenvalue weighted by atomic mass is 32.1. The molecule has 2 heteroatoms. The normalized spacial score (nSPS) is 12.1. The molecule has 64 heavy (non-hydrogen) atoms. The Kier molecular flexibility index (Phi) is 7.83. The minimum Gasteiger partial charge on any atom is -0.135 e. The zero-order valence-corrected chi connectivity index (χ0v) is 36.2. The van der Waals surface area contributed by atoms with Crippen molar-refractivity contribution in [2.75, 3.05) is 0 Å². The van der Waals surface area contributed by atoms with Crippen molar-refractivity contribution in [3.63, 3.8) is 0 Å². The number of thiophene rings is 2. The van der Waals surface area contributed by atoms with Crippen LogP contribution >= 0.6 is 22.7 Å². The summed E-state index contributed by atoms with van der Waals surface area (Å²) in [5.41, 5.74) is 10.2. The molecule has 0 saturated heterocycles. The Morgan fingerprint density at radius 2 is 0.516 bits per heavy atom. The van der Waals surface area contributed by atoms with Gasteiger partial charge in [0.2, 0.25) is 0 Å². The van der Waals surface area contributed by atoms with Crippen molar-refractivity contribution in [3.05, 3.63) is 218 Å². The summed E-state index contributed by atoms with van der Waals surface area (Å²) in [7, 11) is 0. The van der Waals surface area contributed by atoms with Gasteiger partial charge in [-0.2, -0.15) is 0 Å². The quantitative estimate of drug-likeness (QED) is 0.155. The van der Waals surface area contributed by atoms with Crippen molar-refractivity contribution in [2.24, 2.45) is 0 Å². The molecule has 0 amide bonds. The highest BCUT2D eigenvalue weighted by Crippen LogP contribution is 2.50. The third-order valence-corrected chi connectivity index (χ3v) is 16.1. The molecular formula is C62H36S2. The van der Waals surface area contributed by atoms with Gasteiger partial charge in [0.15, 0.2) is 0 Å². The molecule has 0 fully saturated rings. The Bertz CT molecular complexity index is 3870. The Hall–Kier alpha value is -7.62. The molecule has 2 aromatic heterocycles. The molecule has 0 nitrogen and oxygen atoms in total. The van der Waals surface area contributed by atoms with Gasteiger partial charge in [0.1, 0.15) is 0 Å². The van der Waals surface area contributed by atoms with Crippen LogP contribution < -0.4 is 0 Å². The lowest BCUT2D eigenvalue weighted by Gasteiger charge is -2.19. The van der Waals surface area contributed by atoms with E-state index in [1.54, 1.807) is 0 Å². The largest absolute Gasteiger partial charge is 0.135 e. The van der Waals surface area contributed by atoms with Crippen molar-refractivity contribution < 1.29 is 0 Å². The average Bonchev–Trinajstić information content (AvgIpc) is 3.94. The second-order valence-electron chi connectivity index (χ2n) is 17.0. The molecule has 12 aromatic carbocycles. The van der Waals surface area contributed by atoms with E-state index in [-0.39, 0.29) is 0 Å². The highest BCUT2D eigenvalue weighted by molar-refractivity contribution is 7.26. The summed E-state index contributed by atoms with van der Waals surface area (Å²) in [4.78, 5) is 0. The van der Waals surface area contributed by atoms with Crippen molar-refractivity contribution in [3.8, 4) is 44.5 Å². The van der Waals surface area contributed by atoms with Crippen LogP contribution in [0.4, 0.5) is 0 Å². The SMILES string of the molecule is c1ccc2c(c1)sc1c(-c3c4ccccc4c(-c4ccc5cc(-c6c7ccccc7c(-c7cccc8c7sc7ccccc78)c7ccccc67)ccc5c4)c4ccccc34)cccc12. The van der Waals surface area contributed by atoms with Crippen molar-refractivity contribution >= 4 is 117 Å². The second kappa shape index (κ2) is 13.9. The smallest absolute Gasteiger partial charge is 0.0434 e. The first-order chi connectivity index (χ1) is 31.8. The number of fused-ring (bicyclic) bond motifs is 11. The summed E-state index contributed by atoms with van der Waals surface area (Å²) in [5.74, 6) is 0. The van der Waals surface area contributed by atoms with Gasteiger partial charge in [-0.3, -0.25) is 0 Å². The molecule has 2 heterocycles. The van der Waals surface area contributed by atoms with Gasteiger partial charge >= 0.3 is 0 Å². The van der Waals surface area contributed by atoms with E-state index in [1.165, 1.54) is 139 Å². The van der Waals surface area contributed by atoms with Crippen LogP contribution in [0.25, 0.3) is 139 Å². The fourth-order valence-electron chi connectivity index (χ4n) is 10.9. The van der Waals surface area contributed by atoms with Crippen LogP contribution in [-0.4, -0.2) is 0 Å². The van der Waals surface area contributed by atoms with Crippen LogP contribution in [0, 0.1) is 0 Å². The van der Waals surface area contributed by atoms with Gasteiger partial charge in [-0.15, -0.1) is 22.7 Å². The Labute approximate surface area is 377 Å². The Morgan fingerprint density at radius 1 is 0.219 bits per heavy atom. The summed E-state index contributed by atoms with van der Waals surface area (Å²) >= 11 is 3.81. The predicted octanol–water partition coefficient (Wildman–Crippen LogP) is 18.9. The molecule has 0 bridgehead atoms. The van der Waals surface area contributed by atoms with E-state index in [4.69, 9.17) is 0 Å². The molecule has 14 rings (SSSR count). The lowest BCUT2D eigenvalue weighted by Crippen LogP contribution is -1.92. The van der Waals surface area contributed by atoms with Gasteiger partial charge in [0.25, 0.3) is 0 Å². The van der Waals surface area contributed by atoms with Gasteiger partial charge < -0.3 is 0 Å². The lowest BCUT2D eigenvalue weighted by molar-refractivity contribution is 1.68. The zero-order chi connectivity index (χ0) is 41.9. The standard InChI is InChI=1S/C62H36S2/c1-5-21-47-43(17-1)57(44-18-2-6-22-48(44)59(47)53-27-13-25-51-41-15-9-11-29-55(41)63-61(51)53)39-33-31-38-36-40(34-32-37(38)35-39)58-45-19-3-7-23-49(45)60(50-24-8-4-20-46(50)58)54-28-14-26-52-42-16-10-12-30-56(42)64-62(52)54/h1-36H. The zero-order valence-electron chi connectivity index (χ0n) is 34.6. The first kappa shape index (κ1) is 35.9. The van der Waals surface area contributed by atoms with Crippen LogP contribution in [0.3, 0.4) is 0 Å². The van der Waals surface area contributed by atoms with Gasteiger partial charge in [-0.25, -0.2) is 0 Å². The molecule has 0 saturated carbocycles. The number of rotatable bonds is 4. The fourth-order valence-corrected chi connectivity index (χ4v) is 13.3. The Morgan fingerprint density at radius 3 is 0.875 bits per heavy atom. The van der Waals surface area contributed by atoms with Gasteiger partial charge in [-0.1, -0.05) is 194 Å². The number of hydrogen-bond donors (Lipinski definition) is 0. The molecule has 0 aliphatic rings. The topological polar surface area (TPSA) is 0 Å². The number of hydrogen-bond acceptors (Lipinski definition) is 2. The monoisotopic (exact) mass is 844 g/mol. The summed E-state index contributed by atoms with van der Waals surface area (Å²) in [5, 5.41) is 18.0. The minimum atomic E-state index is 1.23. The molecule has 0 unspecified atom stereocenters. The molecule has 14 aromatic rings. The average molecular weight is 845 g/mol. The van der Waals surface area contributed by atoms with Gasteiger partial charge in [-0.05, 0) is 112 Å².